The predicted molar refractivity (Wildman–Crippen MR) is 208 cm³/mol. The van der Waals surface area contributed by atoms with Crippen molar-refractivity contribution in [2.45, 2.75) is 52.2 Å². The average Bonchev–Trinajstić information content (AvgIpc) is 3.10. The summed E-state index contributed by atoms with van der Waals surface area (Å²) < 4.78 is 60.2. The minimum Gasteiger partial charge on any atom is -0.460 e. The third-order valence-corrected chi connectivity index (χ3v) is 16.5. The maximum absolute atomic E-state index is 11.6. The fourth-order valence-electron chi connectivity index (χ4n) is 5.30. The van der Waals surface area contributed by atoms with Gasteiger partial charge in [0.15, 0.2) is 0 Å². The molecule has 284 valence electrons. The van der Waals surface area contributed by atoms with Gasteiger partial charge in [0.05, 0.1) is 13.2 Å². The Balaban J connectivity index is 1.43. The topological polar surface area (TPSA) is 126 Å². The minimum absolute atomic E-state index is 0.00119. The first-order valence-corrected chi connectivity index (χ1v) is 25.5. The molecular formula is C38H48O12Si3. The fourth-order valence-corrected chi connectivity index (χ4v) is 16.9. The van der Waals surface area contributed by atoms with Gasteiger partial charge in [0.1, 0.15) is 24.7 Å². The fraction of sp³-hybridized carbons (Fsp3) is 0.316. The van der Waals surface area contributed by atoms with Crippen LogP contribution in [0.4, 0.5) is 0 Å². The molecule has 4 rings (SSSR count). The van der Waals surface area contributed by atoms with Gasteiger partial charge in [0, 0.05) is 12.2 Å². The Morgan fingerprint density at radius 2 is 0.925 bits per heavy atom. The highest BCUT2D eigenvalue weighted by molar-refractivity contribution is 6.84. The van der Waals surface area contributed by atoms with Crippen LogP contribution in [0.2, 0.25) is 39.3 Å². The van der Waals surface area contributed by atoms with Gasteiger partial charge in [-0.25, -0.2) is 9.59 Å². The summed E-state index contributed by atoms with van der Waals surface area (Å²) in [7, 11) is -9.10. The number of carbonyl (C=O) groups is 2. The van der Waals surface area contributed by atoms with E-state index in [2.05, 4.69) is 13.2 Å². The molecule has 0 aliphatic carbocycles. The molecule has 0 saturated carbocycles. The van der Waals surface area contributed by atoms with Gasteiger partial charge in [0.25, 0.3) is 0 Å². The Kier molecular flexibility index (Phi) is 15.1. The zero-order valence-electron chi connectivity index (χ0n) is 31.0. The molecule has 2 atom stereocenters. The summed E-state index contributed by atoms with van der Waals surface area (Å²) in [5, 5.41) is 4.07. The first-order chi connectivity index (χ1) is 25.2. The van der Waals surface area contributed by atoms with Crippen molar-refractivity contribution in [2.24, 2.45) is 0 Å². The van der Waals surface area contributed by atoms with Gasteiger partial charge in [0.2, 0.25) is 0 Å². The van der Waals surface area contributed by atoms with E-state index in [1.54, 1.807) is 0 Å². The van der Waals surface area contributed by atoms with E-state index in [-0.39, 0.29) is 26.4 Å². The summed E-state index contributed by atoms with van der Waals surface area (Å²) in [6.45, 7) is 15.6. The van der Waals surface area contributed by atoms with Crippen LogP contribution in [0.25, 0.3) is 21.5 Å². The molecular weight excluding hydrogens is 733 g/mol. The summed E-state index contributed by atoms with van der Waals surface area (Å²) in [6.07, 6.45) is 2.16. The Morgan fingerprint density at radius 3 is 1.30 bits per heavy atom. The number of benzene rings is 4. The second kappa shape index (κ2) is 19.2. The van der Waals surface area contributed by atoms with Gasteiger partial charge in [-0.1, -0.05) is 73.8 Å². The number of hydrogen-bond acceptors (Lipinski definition) is 12. The highest BCUT2D eigenvalue weighted by atomic mass is 28.5. The van der Waals surface area contributed by atoms with E-state index in [0.29, 0.717) is 11.5 Å². The number of fused-ring (bicyclic) bond motifs is 2. The van der Waals surface area contributed by atoms with E-state index < -0.39 is 50.6 Å². The van der Waals surface area contributed by atoms with Crippen LogP contribution >= 0.6 is 0 Å². The summed E-state index contributed by atoms with van der Waals surface area (Å²) in [5.41, 5.74) is 0. The Bertz CT molecular complexity index is 1720. The quantitative estimate of drug-likeness (QED) is 0.0255. The molecule has 0 radical (unpaired) electrons. The van der Waals surface area contributed by atoms with Gasteiger partial charge in [-0.15, -0.1) is 0 Å². The molecule has 12 nitrogen and oxygen atoms in total. The lowest BCUT2D eigenvalue weighted by Gasteiger charge is -2.39. The van der Waals surface area contributed by atoms with Crippen molar-refractivity contribution in [2.75, 3.05) is 26.4 Å². The molecule has 0 aliphatic heterocycles. The van der Waals surface area contributed by atoms with Crippen LogP contribution in [0.3, 0.4) is 0 Å². The summed E-state index contributed by atoms with van der Waals surface area (Å²) in [5.74, 6) is -0.0873. The smallest absolute Gasteiger partial charge is 0.330 e. The molecule has 4 aromatic rings. The molecule has 0 bridgehead atoms. The zero-order valence-corrected chi connectivity index (χ0v) is 34.0. The first-order valence-electron chi connectivity index (χ1n) is 17.0. The van der Waals surface area contributed by atoms with Gasteiger partial charge in [-0.3, -0.25) is 0 Å². The van der Waals surface area contributed by atoms with E-state index in [4.69, 9.17) is 45.5 Å². The number of esters is 2. The van der Waals surface area contributed by atoms with Crippen molar-refractivity contribution >= 4 is 59.2 Å². The Labute approximate surface area is 313 Å². The van der Waals surface area contributed by atoms with Crippen LogP contribution < -0.4 is 9.47 Å². The number of carbonyl (C=O) groups excluding carboxylic acids is 2. The SMILES string of the molecule is C=CC(=O)OCCOC(Oc1ccc2ccccc2c1)O[Si](C)(C)O[Si](C)(C)O[Si](C)(C)OC(OCCOC(=O)C=C)Oc1ccc2ccccc2c1. The molecule has 0 aliphatic rings. The first kappa shape index (κ1) is 41.6. The normalized spacial score (nSPS) is 13.2. The highest BCUT2D eigenvalue weighted by Gasteiger charge is 2.44. The highest BCUT2D eigenvalue weighted by Crippen LogP contribution is 2.28. The zero-order chi connectivity index (χ0) is 38.5. The van der Waals surface area contributed by atoms with Crippen molar-refractivity contribution < 1.29 is 55.1 Å². The lowest BCUT2D eigenvalue weighted by Crippen LogP contribution is -2.56. The van der Waals surface area contributed by atoms with E-state index in [9.17, 15) is 9.59 Å². The van der Waals surface area contributed by atoms with E-state index in [0.717, 1.165) is 33.7 Å². The Hall–Kier alpha value is -4.17. The Morgan fingerprint density at radius 1 is 0.547 bits per heavy atom. The molecule has 0 spiro atoms. The third-order valence-electron chi connectivity index (χ3n) is 7.15. The van der Waals surface area contributed by atoms with Crippen molar-refractivity contribution in [1.29, 1.82) is 0 Å². The van der Waals surface area contributed by atoms with Gasteiger partial charge < -0.3 is 45.5 Å². The van der Waals surface area contributed by atoms with Crippen LogP contribution in [0.5, 0.6) is 11.5 Å². The van der Waals surface area contributed by atoms with Crippen molar-refractivity contribution in [1.82, 2.24) is 0 Å². The van der Waals surface area contributed by atoms with Crippen LogP contribution in [0.1, 0.15) is 0 Å². The molecule has 0 fully saturated rings. The maximum Gasteiger partial charge on any atom is 0.330 e. The summed E-state index contributed by atoms with van der Waals surface area (Å²) in [4.78, 5) is 23.1. The second-order valence-electron chi connectivity index (χ2n) is 13.0. The van der Waals surface area contributed by atoms with E-state index in [1.165, 1.54) is 0 Å². The maximum atomic E-state index is 11.6. The third kappa shape index (κ3) is 14.3. The lowest BCUT2D eigenvalue weighted by atomic mass is 10.1. The van der Waals surface area contributed by atoms with Gasteiger partial charge in [-0.05, 0) is 85.1 Å². The molecule has 0 amide bonds. The molecule has 2 unspecified atom stereocenters. The second-order valence-corrected chi connectivity index (χ2v) is 23.5. The molecule has 15 heteroatoms. The molecule has 53 heavy (non-hydrogen) atoms. The van der Waals surface area contributed by atoms with Gasteiger partial charge in [-0.2, -0.15) is 0 Å². The van der Waals surface area contributed by atoms with Gasteiger partial charge >= 0.3 is 50.6 Å². The van der Waals surface area contributed by atoms with Crippen molar-refractivity contribution in [3.63, 3.8) is 0 Å². The largest absolute Gasteiger partial charge is 0.460 e. The van der Waals surface area contributed by atoms with Crippen LogP contribution in [-0.4, -0.2) is 77.0 Å². The van der Waals surface area contributed by atoms with Crippen LogP contribution in [0.15, 0.2) is 110 Å². The van der Waals surface area contributed by atoms with Crippen LogP contribution in [0, 0.1) is 0 Å². The molecule has 4 aromatic carbocycles. The summed E-state index contributed by atoms with van der Waals surface area (Å²) in [6, 6.07) is 27.1. The lowest BCUT2D eigenvalue weighted by molar-refractivity contribution is -0.216. The van der Waals surface area contributed by atoms with E-state index in [1.807, 2.05) is 124 Å². The average molecular weight is 781 g/mol. The molecule has 0 saturated heterocycles. The van der Waals surface area contributed by atoms with Crippen LogP contribution in [-0.2, 0) is 45.6 Å². The van der Waals surface area contributed by atoms with Crippen molar-refractivity contribution in [3.8, 4) is 11.5 Å². The predicted octanol–water partition coefficient (Wildman–Crippen LogP) is 7.68. The van der Waals surface area contributed by atoms with E-state index >= 15 is 0 Å². The minimum atomic E-state index is -3.05. The van der Waals surface area contributed by atoms with Crippen molar-refractivity contribution in [3.05, 3.63) is 110 Å². The monoisotopic (exact) mass is 780 g/mol. The molecule has 0 aromatic heterocycles. The standard InChI is InChI=1S/C38H48O12Si3/c1-9-35(39)41-23-25-43-37(45-33-21-19-29-15-11-13-17-31(29)27-33)47-51(3,4)49-53(7,8)50-52(5,6)48-38(44-26-24-42-36(40)10-2)46-34-22-20-30-16-12-14-18-32(30)28-34/h9-22,27-28,37-38H,1-2,23-26H2,3-8H3. The number of ether oxygens (including phenoxy) is 6. The molecule has 0 N–H and O–H groups in total. The summed E-state index contributed by atoms with van der Waals surface area (Å²) >= 11 is 0. The number of hydrogen-bond donors (Lipinski definition) is 0. The number of rotatable bonds is 22. The molecule has 0 heterocycles.